The summed E-state index contributed by atoms with van der Waals surface area (Å²) < 4.78 is 55.0. The molecule has 226 valence electrons. The predicted octanol–water partition coefficient (Wildman–Crippen LogP) is 9.23. The van der Waals surface area contributed by atoms with Crippen LogP contribution in [-0.2, 0) is 36.3 Å². The first-order chi connectivity index (χ1) is 17.9. The minimum Gasteiger partial charge on any atom is -0.287 e. The maximum absolute atomic E-state index is 12.6. The average molecular weight is 697 g/mol. The monoisotopic (exact) mass is 694 g/mol. The van der Waals surface area contributed by atoms with Crippen LogP contribution in [0.4, 0.5) is 0 Å². The van der Waals surface area contributed by atoms with Gasteiger partial charge < -0.3 is 0 Å². The number of hydrogen-bond donors (Lipinski definition) is 0. The van der Waals surface area contributed by atoms with Crippen molar-refractivity contribution < 1.29 is 36.3 Å². The van der Waals surface area contributed by atoms with Gasteiger partial charge in [-0.3, -0.25) is 27.1 Å². The normalized spacial score (nSPS) is 11.9. The lowest BCUT2D eigenvalue weighted by Crippen LogP contribution is -2.05. The molecule has 0 aliphatic heterocycles. The summed E-state index contributed by atoms with van der Waals surface area (Å²) in [5.74, 6) is 2.51. The van der Waals surface area contributed by atoms with Crippen molar-refractivity contribution in [2.24, 2.45) is 0 Å². The third-order valence-electron chi connectivity index (χ3n) is 4.06. The molecule has 0 aromatic heterocycles. The van der Waals surface area contributed by atoms with Gasteiger partial charge in [0, 0.05) is 35.3 Å². The highest BCUT2D eigenvalue weighted by Gasteiger charge is 2.26. The molecule has 0 saturated carbocycles. The van der Waals surface area contributed by atoms with Crippen molar-refractivity contribution in [3.63, 3.8) is 0 Å². The highest BCUT2D eigenvalue weighted by Crippen LogP contribution is 2.50. The third-order valence-corrected chi connectivity index (χ3v) is 8.32. The molecule has 0 atom stereocenters. The Bertz CT molecular complexity index is 498. The summed E-state index contributed by atoms with van der Waals surface area (Å²) in [4.78, 5) is 0. The van der Waals surface area contributed by atoms with Gasteiger partial charge in [-0.25, -0.2) is 9.13 Å². The van der Waals surface area contributed by atoms with Gasteiger partial charge in [0.15, 0.2) is 0 Å². The van der Waals surface area contributed by atoms with Crippen molar-refractivity contribution in [1.82, 2.24) is 0 Å². The topological polar surface area (TPSA) is 89.5 Å². The minimum atomic E-state index is -3.52. The van der Waals surface area contributed by atoms with Crippen molar-refractivity contribution in [3.05, 3.63) is 0 Å². The van der Waals surface area contributed by atoms with Crippen LogP contribution < -0.4 is 0 Å². The summed E-state index contributed by atoms with van der Waals surface area (Å²) in [7, 11) is -6.99. The van der Waals surface area contributed by atoms with Gasteiger partial charge in [-0.05, 0) is 57.8 Å². The fourth-order valence-electron chi connectivity index (χ4n) is 2.31. The second-order valence-electron chi connectivity index (χ2n) is 7.21. The van der Waals surface area contributed by atoms with Crippen molar-refractivity contribution in [3.8, 4) is 0 Å². The van der Waals surface area contributed by atoms with Crippen LogP contribution in [0.2, 0.25) is 0 Å². The molecule has 0 aliphatic rings. The van der Waals surface area contributed by atoms with Crippen molar-refractivity contribution in [1.29, 1.82) is 0 Å². The smallest absolute Gasteiger partial charge is 0.287 e. The summed E-state index contributed by atoms with van der Waals surface area (Å²) in [6.07, 6.45) is 7.97. The number of hydrogen-bond acceptors (Lipinski definition) is 8. The molecule has 0 rings (SSSR count). The number of alkyl halides is 6. The lowest BCUT2D eigenvalue weighted by atomic mass is 10.3. The number of rotatable bonds is 27. The third kappa shape index (κ3) is 29.3. The van der Waals surface area contributed by atoms with Crippen LogP contribution in [0.1, 0.15) is 57.8 Å². The fraction of sp³-hybridized carbons (Fsp3) is 1.00. The van der Waals surface area contributed by atoms with Crippen molar-refractivity contribution >= 4 is 85.3 Å². The first-order valence-corrected chi connectivity index (χ1v) is 18.4. The summed E-state index contributed by atoms with van der Waals surface area (Å²) >= 11 is 33.0. The predicted molar refractivity (Wildman–Crippen MR) is 157 cm³/mol. The number of unbranched alkanes of at least 4 members (excludes halogenated alkanes) is 6. The number of phosphoric acid groups is 2. The van der Waals surface area contributed by atoms with E-state index < -0.39 is 15.6 Å². The Kier molecular flexibility index (Phi) is 34.3. The molecule has 0 heterocycles. The molecule has 0 bridgehead atoms. The Hall–Kier alpha value is 1.96. The molecule has 0 saturated heterocycles. The molecule has 16 heteroatoms. The summed E-state index contributed by atoms with van der Waals surface area (Å²) in [6.45, 7) is 1.34. The van der Waals surface area contributed by atoms with Gasteiger partial charge in [0.05, 0.1) is 39.6 Å². The molecule has 0 N–H and O–H groups in total. The fourth-order valence-corrected chi connectivity index (χ4v) is 5.88. The molecule has 0 aromatic carbocycles. The molecule has 0 unspecified atom stereocenters. The Morgan fingerprint density at radius 2 is 0.568 bits per heavy atom. The molecular formula is C21H42Cl6O8P2. The summed E-state index contributed by atoms with van der Waals surface area (Å²) in [6, 6.07) is 0. The zero-order chi connectivity index (χ0) is 28.1. The second-order valence-corrected chi connectivity index (χ2v) is 12.8. The van der Waals surface area contributed by atoms with E-state index in [1.165, 1.54) is 0 Å². The molecule has 0 fully saturated rings. The molecule has 8 nitrogen and oxygen atoms in total. The van der Waals surface area contributed by atoms with Crippen LogP contribution in [0.5, 0.6) is 0 Å². The molecule has 37 heavy (non-hydrogen) atoms. The van der Waals surface area contributed by atoms with Gasteiger partial charge in [-0.15, -0.1) is 69.6 Å². The van der Waals surface area contributed by atoms with Crippen LogP contribution in [0.3, 0.4) is 0 Å². The highest BCUT2D eigenvalue weighted by molar-refractivity contribution is 7.48. The van der Waals surface area contributed by atoms with E-state index in [0.717, 1.165) is 57.8 Å². The van der Waals surface area contributed by atoms with Crippen LogP contribution in [0.15, 0.2) is 0 Å². The summed E-state index contributed by atoms with van der Waals surface area (Å²) in [5, 5.41) is 0. The van der Waals surface area contributed by atoms with E-state index in [-0.39, 0.29) is 37.5 Å². The van der Waals surface area contributed by atoms with E-state index in [0.29, 0.717) is 37.5 Å². The van der Waals surface area contributed by atoms with Crippen molar-refractivity contribution in [2.45, 2.75) is 57.8 Å². The summed E-state index contributed by atoms with van der Waals surface area (Å²) in [5.41, 5.74) is 0. The molecule has 0 aliphatic carbocycles. The van der Waals surface area contributed by atoms with Gasteiger partial charge in [0.2, 0.25) is 0 Å². The number of halogens is 6. The molecule has 0 aromatic rings. The van der Waals surface area contributed by atoms with Gasteiger partial charge >= 0.3 is 15.6 Å². The van der Waals surface area contributed by atoms with Gasteiger partial charge in [0.25, 0.3) is 0 Å². The zero-order valence-corrected chi connectivity index (χ0v) is 27.6. The van der Waals surface area contributed by atoms with E-state index in [2.05, 4.69) is 0 Å². The van der Waals surface area contributed by atoms with E-state index in [1.54, 1.807) is 0 Å². The van der Waals surface area contributed by atoms with E-state index in [9.17, 15) is 9.13 Å². The van der Waals surface area contributed by atoms with Crippen LogP contribution in [0, 0.1) is 0 Å². The van der Waals surface area contributed by atoms with Crippen LogP contribution >= 0.6 is 85.3 Å². The first kappa shape index (κ1) is 41.1. The molecule has 0 amide bonds. The van der Waals surface area contributed by atoms with E-state index >= 15 is 0 Å². The Labute approximate surface area is 253 Å². The minimum absolute atomic E-state index is 0.0867. The number of phosphoric ester groups is 2. The van der Waals surface area contributed by atoms with Crippen molar-refractivity contribution in [2.75, 3.05) is 74.9 Å². The molecular weight excluding hydrogens is 655 g/mol. The van der Waals surface area contributed by atoms with Gasteiger partial charge in [-0.2, -0.15) is 0 Å². The lowest BCUT2D eigenvalue weighted by molar-refractivity contribution is 0.109. The zero-order valence-electron chi connectivity index (χ0n) is 21.3. The largest absolute Gasteiger partial charge is 0.474 e. The quantitative estimate of drug-likeness (QED) is 0.0477. The maximum Gasteiger partial charge on any atom is 0.474 e. The highest BCUT2D eigenvalue weighted by atomic mass is 35.5. The maximum atomic E-state index is 12.6. The standard InChI is InChI=1S/C15H30Cl3O4P.C6H12Cl3O4P/c16-10-4-1-7-13-20-23(19,21-14-8-2-5-11-17)22-15-9-3-6-12-18;7-1-4-11-14(10,12-5-2-8)13-6-3-9/h1-15H2;1-6H2. The molecule has 0 spiro atoms. The van der Waals surface area contributed by atoms with E-state index in [1.807, 2.05) is 0 Å². The van der Waals surface area contributed by atoms with Crippen LogP contribution in [-0.4, -0.2) is 74.9 Å². The first-order valence-electron chi connectivity index (χ1n) is 12.3. The Balaban J connectivity index is 0. The second kappa shape index (κ2) is 30.9. The SMILES string of the molecule is O=P(OCCCCCCl)(OCCCCCCl)OCCCCCCl.O=P(OCCCl)(OCCCl)OCCCl. The Morgan fingerprint density at radius 1 is 0.324 bits per heavy atom. The Morgan fingerprint density at radius 3 is 0.784 bits per heavy atom. The molecule has 0 radical (unpaired) electrons. The van der Waals surface area contributed by atoms with Gasteiger partial charge in [0.1, 0.15) is 0 Å². The van der Waals surface area contributed by atoms with E-state index in [4.69, 9.17) is 96.7 Å². The van der Waals surface area contributed by atoms with Gasteiger partial charge in [-0.1, -0.05) is 0 Å². The van der Waals surface area contributed by atoms with Crippen LogP contribution in [0.25, 0.3) is 0 Å². The average Bonchev–Trinajstić information content (AvgIpc) is 2.90. The lowest BCUT2D eigenvalue weighted by Gasteiger charge is -2.18.